The van der Waals surface area contributed by atoms with Gasteiger partial charge in [0.05, 0.1) is 4.90 Å². The number of hydrogen-bond donors (Lipinski definition) is 1. The van der Waals surface area contributed by atoms with Gasteiger partial charge in [0.1, 0.15) is 5.82 Å². The predicted octanol–water partition coefficient (Wildman–Crippen LogP) is 2.55. The second kappa shape index (κ2) is 6.42. The van der Waals surface area contributed by atoms with Crippen LogP contribution in [-0.4, -0.2) is 25.3 Å². The molecule has 1 saturated heterocycles. The highest BCUT2D eigenvalue weighted by Gasteiger charge is 2.33. The van der Waals surface area contributed by atoms with Crippen LogP contribution in [0.1, 0.15) is 43.7 Å². The van der Waals surface area contributed by atoms with Gasteiger partial charge in [-0.3, -0.25) is 0 Å². The number of nitrogens with zero attached hydrogens (tertiary/aromatic N) is 1. The molecule has 2 N–H and O–H groups in total. The first-order valence-electron chi connectivity index (χ1n) is 7.42. The number of sulfonamides is 1. The molecule has 0 saturated carbocycles. The topological polar surface area (TPSA) is 63.4 Å². The van der Waals surface area contributed by atoms with E-state index in [0.29, 0.717) is 12.1 Å². The van der Waals surface area contributed by atoms with E-state index in [1.54, 1.807) is 11.2 Å². The van der Waals surface area contributed by atoms with Crippen molar-refractivity contribution in [2.45, 2.75) is 57.0 Å². The van der Waals surface area contributed by atoms with Crippen molar-refractivity contribution in [3.63, 3.8) is 0 Å². The highest BCUT2D eigenvalue weighted by molar-refractivity contribution is 7.89. The maximum absolute atomic E-state index is 13.9. The summed E-state index contributed by atoms with van der Waals surface area (Å²) in [5.74, 6) is -0.415. The van der Waals surface area contributed by atoms with E-state index < -0.39 is 15.8 Å². The fourth-order valence-electron chi connectivity index (χ4n) is 2.94. The van der Waals surface area contributed by atoms with Gasteiger partial charge in [0.2, 0.25) is 10.0 Å². The molecule has 1 aliphatic rings. The Morgan fingerprint density at radius 1 is 1.38 bits per heavy atom. The summed E-state index contributed by atoms with van der Waals surface area (Å²) in [6.45, 7) is 4.10. The Morgan fingerprint density at radius 3 is 2.71 bits per heavy atom. The molecule has 6 heteroatoms. The average molecular weight is 314 g/mol. The summed E-state index contributed by atoms with van der Waals surface area (Å²) in [5, 5.41) is 0. The zero-order chi connectivity index (χ0) is 15.6. The second-order valence-corrected chi connectivity index (χ2v) is 7.48. The van der Waals surface area contributed by atoms with Gasteiger partial charge >= 0.3 is 0 Å². The SMILES string of the molecule is CCC1CCCCN1S(=O)(=O)c1cc(C)c(F)c(CN)c1. The van der Waals surface area contributed by atoms with Crippen LogP contribution in [0.5, 0.6) is 0 Å². The third-order valence-electron chi connectivity index (χ3n) is 4.17. The van der Waals surface area contributed by atoms with Gasteiger partial charge in [-0.05, 0) is 43.9 Å². The summed E-state index contributed by atoms with van der Waals surface area (Å²) in [5.41, 5.74) is 6.08. The first kappa shape index (κ1) is 16.4. The fraction of sp³-hybridized carbons (Fsp3) is 0.600. The molecule has 1 aliphatic heterocycles. The molecule has 1 heterocycles. The summed E-state index contributed by atoms with van der Waals surface area (Å²) >= 11 is 0. The Hall–Kier alpha value is -0.980. The number of nitrogens with two attached hydrogens (primary N) is 1. The van der Waals surface area contributed by atoms with Crippen molar-refractivity contribution in [1.29, 1.82) is 0 Å². The van der Waals surface area contributed by atoms with E-state index in [1.165, 1.54) is 12.1 Å². The number of hydrogen-bond acceptors (Lipinski definition) is 3. The molecular weight excluding hydrogens is 291 g/mol. The number of benzene rings is 1. The Bertz CT molecular complexity index is 616. The van der Waals surface area contributed by atoms with Crippen molar-refractivity contribution in [2.75, 3.05) is 6.54 Å². The van der Waals surface area contributed by atoms with E-state index in [9.17, 15) is 12.8 Å². The van der Waals surface area contributed by atoms with Crippen LogP contribution in [-0.2, 0) is 16.6 Å². The monoisotopic (exact) mass is 314 g/mol. The Labute approximate surface area is 126 Å². The Kier molecular flexibility index (Phi) is 5.01. The molecule has 1 atom stereocenters. The lowest BCUT2D eigenvalue weighted by Crippen LogP contribution is -2.43. The van der Waals surface area contributed by atoms with Crippen LogP contribution in [0.3, 0.4) is 0 Å². The van der Waals surface area contributed by atoms with Gasteiger partial charge < -0.3 is 5.73 Å². The highest BCUT2D eigenvalue weighted by atomic mass is 32.2. The van der Waals surface area contributed by atoms with Gasteiger partial charge in [0.15, 0.2) is 0 Å². The lowest BCUT2D eigenvalue weighted by atomic mass is 10.0. The minimum Gasteiger partial charge on any atom is -0.326 e. The third-order valence-corrected chi connectivity index (χ3v) is 6.10. The van der Waals surface area contributed by atoms with E-state index in [4.69, 9.17) is 5.73 Å². The molecule has 0 spiro atoms. The molecule has 0 amide bonds. The van der Waals surface area contributed by atoms with Gasteiger partial charge in [-0.2, -0.15) is 4.31 Å². The maximum atomic E-state index is 13.9. The number of aryl methyl sites for hydroxylation is 1. The molecular formula is C15H23FN2O2S. The van der Waals surface area contributed by atoms with Crippen LogP contribution in [0.15, 0.2) is 17.0 Å². The molecule has 118 valence electrons. The van der Waals surface area contributed by atoms with Gasteiger partial charge in [0.25, 0.3) is 0 Å². The molecule has 4 nitrogen and oxygen atoms in total. The quantitative estimate of drug-likeness (QED) is 0.929. The van der Waals surface area contributed by atoms with Crippen LogP contribution in [0.4, 0.5) is 4.39 Å². The molecule has 1 aromatic carbocycles. The second-order valence-electron chi connectivity index (χ2n) is 5.59. The Balaban J connectivity index is 2.46. The summed E-state index contributed by atoms with van der Waals surface area (Å²) < 4.78 is 41.1. The molecule has 2 rings (SSSR count). The van der Waals surface area contributed by atoms with Gasteiger partial charge in [-0.15, -0.1) is 0 Å². The van der Waals surface area contributed by atoms with E-state index in [1.807, 2.05) is 6.92 Å². The van der Waals surface area contributed by atoms with Gasteiger partial charge in [-0.25, -0.2) is 12.8 Å². The van der Waals surface area contributed by atoms with Gasteiger partial charge in [0, 0.05) is 24.7 Å². The summed E-state index contributed by atoms with van der Waals surface area (Å²) in [7, 11) is -3.58. The van der Waals surface area contributed by atoms with E-state index >= 15 is 0 Å². The normalized spacial score (nSPS) is 20.7. The molecule has 0 aliphatic carbocycles. The van der Waals surface area contributed by atoms with Crippen LogP contribution in [0.2, 0.25) is 0 Å². The van der Waals surface area contributed by atoms with E-state index in [-0.39, 0.29) is 23.0 Å². The molecule has 1 fully saturated rings. The smallest absolute Gasteiger partial charge is 0.243 e. The van der Waals surface area contributed by atoms with E-state index in [0.717, 1.165) is 25.7 Å². The van der Waals surface area contributed by atoms with Crippen molar-refractivity contribution in [2.24, 2.45) is 5.73 Å². The van der Waals surface area contributed by atoms with Gasteiger partial charge in [-0.1, -0.05) is 13.3 Å². The molecule has 21 heavy (non-hydrogen) atoms. The molecule has 0 aromatic heterocycles. The van der Waals surface area contributed by atoms with E-state index in [2.05, 4.69) is 0 Å². The molecule has 1 unspecified atom stereocenters. The van der Waals surface area contributed by atoms with Crippen LogP contribution >= 0.6 is 0 Å². The zero-order valence-corrected chi connectivity index (χ0v) is 13.4. The molecule has 1 aromatic rings. The number of halogens is 1. The number of rotatable bonds is 4. The first-order valence-corrected chi connectivity index (χ1v) is 8.86. The lowest BCUT2D eigenvalue weighted by Gasteiger charge is -2.34. The maximum Gasteiger partial charge on any atom is 0.243 e. The minimum atomic E-state index is -3.58. The van der Waals surface area contributed by atoms with Crippen molar-refractivity contribution >= 4 is 10.0 Å². The summed E-state index contributed by atoms with van der Waals surface area (Å²) in [6, 6.07) is 2.82. The zero-order valence-electron chi connectivity index (χ0n) is 12.6. The highest BCUT2D eigenvalue weighted by Crippen LogP contribution is 2.28. The predicted molar refractivity (Wildman–Crippen MR) is 80.9 cm³/mol. The van der Waals surface area contributed by atoms with Crippen molar-refractivity contribution in [3.05, 3.63) is 29.1 Å². The van der Waals surface area contributed by atoms with Crippen molar-refractivity contribution in [3.8, 4) is 0 Å². The van der Waals surface area contributed by atoms with Crippen LogP contribution in [0, 0.1) is 12.7 Å². The summed E-state index contributed by atoms with van der Waals surface area (Å²) in [4.78, 5) is 0.155. The largest absolute Gasteiger partial charge is 0.326 e. The van der Waals surface area contributed by atoms with Crippen molar-refractivity contribution in [1.82, 2.24) is 4.31 Å². The number of piperidine rings is 1. The third kappa shape index (κ3) is 3.12. The van der Waals surface area contributed by atoms with Crippen LogP contribution in [0.25, 0.3) is 0 Å². The average Bonchev–Trinajstić information content (AvgIpc) is 2.49. The fourth-order valence-corrected chi connectivity index (χ4v) is 4.84. The van der Waals surface area contributed by atoms with Crippen LogP contribution < -0.4 is 5.73 Å². The van der Waals surface area contributed by atoms with Crippen molar-refractivity contribution < 1.29 is 12.8 Å². The Morgan fingerprint density at radius 2 is 2.10 bits per heavy atom. The molecule has 0 radical (unpaired) electrons. The molecule has 0 bridgehead atoms. The minimum absolute atomic E-state index is 0.00671. The lowest BCUT2D eigenvalue weighted by molar-refractivity contribution is 0.246. The standard InChI is InChI=1S/C15H23FN2O2S/c1-3-13-6-4-5-7-18(13)21(19,20)14-8-11(2)15(16)12(9-14)10-17/h8-9,13H,3-7,10,17H2,1-2H3. The first-order chi connectivity index (χ1) is 9.91. The summed E-state index contributed by atoms with van der Waals surface area (Å²) in [6.07, 6.45) is 3.61.